The molecule has 1 rings (SSSR count). The van der Waals surface area contributed by atoms with Crippen molar-refractivity contribution in [1.29, 1.82) is 0 Å². The van der Waals surface area contributed by atoms with Crippen LogP contribution in [-0.2, 0) is 10.2 Å². The van der Waals surface area contributed by atoms with E-state index in [0.717, 1.165) is 12.8 Å². The normalized spacial score (nSPS) is 19.0. The Morgan fingerprint density at radius 1 is 1.47 bits per heavy atom. The van der Waals surface area contributed by atoms with E-state index in [4.69, 9.17) is 5.73 Å². The molecule has 0 aromatic heterocycles. The monoisotopic (exact) mass is 291 g/mol. The van der Waals surface area contributed by atoms with Crippen molar-refractivity contribution in [2.75, 3.05) is 6.54 Å². The van der Waals surface area contributed by atoms with Crippen LogP contribution in [0.1, 0.15) is 12.8 Å². The summed E-state index contributed by atoms with van der Waals surface area (Å²) >= 11 is 4.66. The molecule has 0 saturated heterocycles. The molecule has 100 valence electrons. The Balaban J connectivity index is 2.55. The third kappa shape index (κ3) is 5.61. The van der Waals surface area contributed by atoms with Crippen LogP contribution in [0.25, 0.3) is 0 Å². The fourth-order valence-corrected chi connectivity index (χ4v) is 2.62. The SMILES string of the molecule is NC(=S)C(NS(=O)(=O)NCC(F)(F)F)C1CC1. The zero-order chi connectivity index (χ0) is 13.3. The molecule has 0 spiro atoms. The summed E-state index contributed by atoms with van der Waals surface area (Å²) in [6.45, 7) is -1.63. The van der Waals surface area contributed by atoms with Crippen LogP contribution in [-0.4, -0.2) is 32.2 Å². The van der Waals surface area contributed by atoms with Gasteiger partial charge in [-0.15, -0.1) is 0 Å². The summed E-state index contributed by atoms with van der Waals surface area (Å²) in [6, 6.07) is -0.782. The molecule has 0 aliphatic heterocycles. The van der Waals surface area contributed by atoms with Crippen LogP contribution in [0.4, 0.5) is 13.2 Å². The van der Waals surface area contributed by atoms with Gasteiger partial charge in [0.1, 0.15) is 6.54 Å². The van der Waals surface area contributed by atoms with Gasteiger partial charge in [-0.1, -0.05) is 12.2 Å². The van der Waals surface area contributed by atoms with E-state index in [9.17, 15) is 21.6 Å². The first-order chi connectivity index (χ1) is 7.61. The number of rotatable bonds is 6. The van der Waals surface area contributed by atoms with Crippen LogP contribution < -0.4 is 15.2 Å². The number of halogens is 3. The summed E-state index contributed by atoms with van der Waals surface area (Å²) < 4.78 is 61.5. The summed E-state index contributed by atoms with van der Waals surface area (Å²) in [4.78, 5) is -0.0649. The van der Waals surface area contributed by atoms with E-state index in [2.05, 4.69) is 12.2 Å². The van der Waals surface area contributed by atoms with Crippen molar-refractivity contribution < 1.29 is 21.6 Å². The van der Waals surface area contributed by atoms with E-state index in [1.165, 1.54) is 4.72 Å². The molecule has 5 nitrogen and oxygen atoms in total. The largest absolute Gasteiger partial charge is 0.402 e. The molecule has 0 bridgehead atoms. The lowest BCUT2D eigenvalue weighted by atomic mass is 10.2. The van der Waals surface area contributed by atoms with Gasteiger partial charge in [0, 0.05) is 0 Å². The topological polar surface area (TPSA) is 84.2 Å². The van der Waals surface area contributed by atoms with Crippen LogP contribution in [0.3, 0.4) is 0 Å². The van der Waals surface area contributed by atoms with E-state index in [1.54, 1.807) is 0 Å². The molecule has 0 aromatic rings. The highest BCUT2D eigenvalue weighted by molar-refractivity contribution is 7.87. The quantitative estimate of drug-likeness (QED) is 0.603. The van der Waals surface area contributed by atoms with Gasteiger partial charge in [0.2, 0.25) is 0 Å². The van der Waals surface area contributed by atoms with Crippen molar-refractivity contribution in [2.24, 2.45) is 11.7 Å². The lowest BCUT2D eigenvalue weighted by Crippen LogP contribution is -2.50. The minimum atomic E-state index is -4.60. The molecular formula is C7H12F3N3O2S2. The predicted octanol–water partition coefficient (Wildman–Crippen LogP) is 0.0374. The highest BCUT2D eigenvalue weighted by Gasteiger charge is 2.37. The molecule has 1 unspecified atom stereocenters. The Labute approximate surface area is 102 Å². The number of hydrogen-bond acceptors (Lipinski definition) is 3. The third-order valence-electron chi connectivity index (χ3n) is 2.14. The van der Waals surface area contributed by atoms with Gasteiger partial charge < -0.3 is 5.73 Å². The van der Waals surface area contributed by atoms with Crippen LogP contribution in [0.15, 0.2) is 0 Å². The Bertz CT molecular complexity index is 392. The average molecular weight is 291 g/mol. The Hall–Kier alpha value is -0.450. The molecular weight excluding hydrogens is 279 g/mol. The minimum Gasteiger partial charge on any atom is -0.392 e. The third-order valence-corrected chi connectivity index (χ3v) is 3.49. The van der Waals surface area contributed by atoms with Crippen LogP contribution >= 0.6 is 12.2 Å². The first kappa shape index (κ1) is 14.6. The first-order valence-corrected chi connectivity index (χ1v) is 6.63. The second-order valence-electron chi connectivity index (χ2n) is 3.78. The van der Waals surface area contributed by atoms with Gasteiger partial charge in [0.15, 0.2) is 0 Å². The Morgan fingerprint density at radius 3 is 2.35 bits per heavy atom. The summed E-state index contributed by atoms with van der Waals surface area (Å²) in [6.07, 6.45) is -3.10. The van der Waals surface area contributed by atoms with Gasteiger partial charge in [0.05, 0.1) is 11.0 Å². The first-order valence-electron chi connectivity index (χ1n) is 4.74. The van der Waals surface area contributed by atoms with E-state index in [1.807, 2.05) is 4.72 Å². The summed E-state index contributed by atoms with van der Waals surface area (Å²) in [5.41, 5.74) is 5.32. The van der Waals surface area contributed by atoms with Crippen LogP contribution in [0.5, 0.6) is 0 Å². The van der Waals surface area contributed by atoms with Crippen molar-refractivity contribution in [3.05, 3.63) is 0 Å². The van der Waals surface area contributed by atoms with E-state index < -0.39 is 29.0 Å². The van der Waals surface area contributed by atoms with Gasteiger partial charge >= 0.3 is 6.18 Å². The maximum absolute atomic E-state index is 11.8. The molecule has 17 heavy (non-hydrogen) atoms. The lowest BCUT2D eigenvalue weighted by molar-refractivity contribution is -0.121. The summed E-state index contributed by atoms with van der Waals surface area (Å²) in [5.74, 6) is -0.0186. The molecule has 1 saturated carbocycles. The van der Waals surface area contributed by atoms with E-state index in [0.29, 0.717) is 0 Å². The van der Waals surface area contributed by atoms with Gasteiger partial charge in [-0.3, -0.25) is 0 Å². The number of hydrogen-bond donors (Lipinski definition) is 3. The molecule has 0 heterocycles. The van der Waals surface area contributed by atoms with Crippen molar-refractivity contribution >= 4 is 27.4 Å². The van der Waals surface area contributed by atoms with E-state index >= 15 is 0 Å². The van der Waals surface area contributed by atoms with Gasteiger partial charge in [-0.25, -0.2) is 0 Å². The molecule has 10 heteroatoms. The number of nitrogens with one attached hydrogen (secondary N) is 2. The number of nitrogens with two attached hydrogens (primary N) is 1. The molecule has 4 N–H and O–H groups in total. The van der Waals surface area contributed by atoms with Crippen LogP contribution in [0, 0.1) is 5.92 Å². The molecule has 0 radical (unpaired) electrons. The van der Waals surface area contributed by atoms with Crippen molar-refractivity contribution in [3.63, 3.8) is 0 Å². The highest BCUT2D eigenvalue weighted by Crippen LogP contribution is 2.33. The fraction of sp³-hybridized carbons (Fsp3) is 0.857. The maximum Gasteiger partial charge on any atom is 0.402 e. The predicted molar refractivity (Wildman–Crippen MR) is 59.4 cm³/mol. The standard InChI is InChI=1S/C7H12F3N3O2S2/c8-7(9,10)3-12-17(14,15)13-5(6(11)16)4-1-2-4/h4-5,12-13H,1-3H2,(H2,11,16). The highest BCUT2D eigenvalue weighted by atomic mass is 32.2. The second kappa shape index (κ2) is 5.04. The second-order valence-corrected chi connectivity index (χ2v) is 5.78. The van der Waals surface area contributed by atoms with Crippen molar-refractivity contribution in [3.8, 4) is 0 Å². The van der Waals surface area contributed by atoms with Crippen molar-refractivity contribution in [1.82, 2.24) is 9.44 Å². The molecule has 1 fully saturated rings. The van der Waals surface area contributed by atoms with Gasteiger partial charge in [-0.05, 0) is 18.8 Å². The molecule has 1 atom stereocenters. The molecule has 0 aromatic carbocycles. The molecule has 1 aliphatic carbocycles. The van der Waals surface area contributed by atoms with Crippen LogP contribution in [0.2, 0.25) is 0 Å². The number of thiocarbonyl (C=S) groups is 1. The average Bonchev–Trinajstić information content (AvgIpc) is 2.93. The maximum atomic E-state index is 11.8. The lowest BCUT2D eigenvalue weighted by Gasteiger charge is -2.17. The van der Waals surface area contributed by atoms with E-state index in [-0.39, 0.29) is 10.9 Å². The summed E-state index contributed by atoms with van der Waals surface area (Å²) in [7, 11) is -4.25. The molecule has 1 aliphatic rings. The number of alkyl halides is 3. The Morgan fingerprint density at radius 2 is 2.00 bits per heavy atom. The Kier molecular flexibility index (Phi) is 4.33. The van der Waals surface area contributed by atoms with Gasteiger partial charge in [0.25, 0.3) is 10.2 Å². The van der Waals surface area contributed by atoms with Crippen molar-refractivity contribution in [2.45, 2.75) is 25.1 Å². The summed E-state index contributed by atoms with van der Waals surface area (Å²) in [5, 5.41) is 0. The smallest absolute Gasteiger partial charge is 0.392 e. The van der Waals surface area contributed by atoms with Gasteiger partial charge in [-0.2, -0.15) is 31.0 Å². The zero-order valence-electron chi connectivity index (χ0n) is 8.62. The zero-order valence-corrected chi connectivity index (χ0v) is 10.3. The minimum absolute atomic E-state index is 0.0186. The molecule has 0 amide bonds. The fourth-order valence-electron chi connectivity index (χ4n) is 1.20.